The largest absolute Gasteiger partial charge is 0.480 e. The number of benzene rings is 1. The number of rotatable bonds is 6. The van der Waals surface area contributed by atoms with E-state index in [1.165, 1.54) is 13.0 Å². The summed E-state index contributed by atoms with van der Waals surface area (Å²) in [6, 6.07) is 2.42. The van der Waals surface area contributed by atoms with E-state index in [4.69, 9.17) is 5.11 Å². The fourth-order valence-electron chi connectivity index (χ4n) is 1.74. The molecule has 6 nitrogen and oxygen atoms in total. The van der Waals surface area contributed by atoms with Crippen LogP contribution in [0, 0.1) is 5.82 Å². The van der Waals surface area contributed by atoms with Gasteiger partial charge in [-0.2, -0.15) is 0 Å². The third-order valence-electron chi connectivity index (χ3n) is 2.72. The zero-order valence-electron chi connectivity index (χ0n) is 11.8. The van der Waals surface area contributed by atoms with E-state index >= 15 is 0 Å². The number of aliphatic carboxylic acids is 1. The lowest BCUT2D eigenvalue weighted by molar-refractivity contribution is -0.139. The van der Waals surface area contributed by atoms with Crippen molar-refractivity contribution in [1.29, 1.82) is 0 Å². The van der Waals surface area contributed by atoms with Gasteiger partial charge >= 0.3 is 5.97 Å². The van der Waals surface area contributed by atoms with Gasteiger partial charge in [0.25, 0.3) is 5.91 Å². The molecule has 1 aromatic rings. The normalized spacial score (nSPS) is 11.6. The Kier molecular flexibility index (Phi) is 5.83. The number of amides is 2. The van der Waals surface area contributed by atoms with Gasteiger partial charge in [0, 0.05) is 12.5 Å². The Hall–Kier alpha value is -2.44. The molecule has 0 aliphatic heterocycles. The number of halogens is 1. The smallest absolute Gasteiger partial charge is 0.326 e. The van der Waals surface area contributed by atoms with Gasteiger partial charge in [-0.15, -0.1) is 0 Å². The first-order chi connectivity index (χ1) is 9.85. The Morgan fingerprint density at radius 2 is 2.00 bits per heavy atom. The van der Waals surface area contributed by atoms with Gasteiger partial charge in [-0.3, -0.25) is 9.59 Å². The average Bonchev–Trinajstić information content (AvgIpc) is 2.40. The highest BCUT2D eigenvalue weighted by molar-refractivity contribution is 5.98. The lowest BCUT2D eigenvalue weighted by atomic mass is 10.1. The number of nitrogens with one attached hydrogen (secondary N) is 2. The SMILES string of the molecule is CCC[C@H](NC(=O)c1ccc(F)c(NC(C)=O)c1)C(=O)O. The molecule has 0 spiro atoms. The topological polar surface area (TPSA) is 95.5 Å². The van der Waals surface area contributed by atoms with Crippen LogP contribution in [0.3, 0.4) is 0 Å². The van der Waals surface area contributed by atoms with Crippen LogP contribution in [-0.2, 0) is 9.59 Å². The summed E-state index contributed by atoms with van der Waals surface area (Å²) in [4.78, 5) is 33.9. The lowest BCUT2D eigenvalue weighted by Gasteiger charge is -2.14. The molecule has 0 saturated heterocycles. The highest BCUT2D eigenvalue weighted by Gasteiger charge is 2.20. The van der Waals surface area contributed by atoms with Crippen molar-refractivity contribution in [2.45, 2.75) is 32.7 Å². The quantitative estimate of drug-likeness (QED) is 0.745. The average molecular weight is 296 g/mol. The summed E-state index contributed by atoms with van der Waals surface area (Å²) in [5.74, 6) is -2.91. The summed E-state index contributed by atoms with van der Waals surface area (Å²) in [7, 11) is 0. The molecule has 1 atom stereocenters. The van der Waals surface area contributed by atoms with Crippen LogP contribution in [0.1, 0.15) is 37.0 Å². The molecule has 0 bridgehead atoms. The molecule has 0 heterocycles. The van der Waals surface area contributed by atoms with Crippen LogP contribution < -0.4 is 10.6 Å². The Balaban J connectivity index is 2.91. The Bertz CT molecular complexity index is 560. The number of anilines is 1. The van der Waals surface area contributed by atoms with E-state index in [0.29, 0.717) is 12.8 Å². The van der Waals surface area contributed by atoms with E-state index < -0.39 is 29.6 Å². The lowest BCUT2D eigenvalue weighted by Crippen LogP contribution is -2.40. The van der Waals surface area contributed by atoms with Crippen molar-refractivity contribution in [3.8, 4) is 0 Å². The molecule has 0 aliphatic rings. The van der Waals surface area contributed by atoms with Gasteiger partial charge in [0.1, 0.15) is 11.9 Å². The van der Waals surface area contributed by atoms with Crippen molar-refractivity contribution in [3.63, 3.8) is 0 Å². The molecule has 0 unspecified atom stereocenters. The van der Waals surface area contributed by atoms with Crippen molar-refractivity contribution in [2.75, 3.05) is 5.32 Å². The summed E-state index contributed by atoms with van der Waals surface area (Å²) >= 11 is 0. The van der Waals surface area contributed by atoms with E-state index in [2.05, 4.69) is 10.6 Å². The highest BCUT2D eigenvalue weighted by atomic mass is 19.1. The van der Waals surface area contributed by atoms with Crippen molar-refractivity contribution in [3.05, 3.63) is 29.6 Å². The number of carboxylic acids is 1. The Morgan fingerprint density at radius 1 is 1.33 bits per heavy atom. The maximum atomic E-state index is 13.5. The summed E-state index contributed by atoms with van der Waals surface area (Å²) < 4.78 is 13.5. The molecule has 7 heteroatoms. The first-order valence-electron chi connectivity index (χ1n) is 6.46. The minimum Gasteiger partial charge on any atom is -0.480 e. The fourth-order valence-corrected chi connectivity index (χ4v) is 1.74. The molecular weight excluding hydrogens is 279 g/mol. The number of carbonyl (C=O) groups excluding carboxylic acids is 2. The van der Waals surface area contributed by atoms with Crippen molar-refractivity contribution in [2.24, 2.45) is 0 Å². The second-order valence-electron chi connectivity index (χ2n) is 4.53. The number of carboxylic acid groups (broad SMARTS) is 1. The molecule has 0 fully saturated rings. The number of carbonyl (C=O) groups is 3. The van der Waals surface area contributed by atoms with Gasteiger partial charge < -0.3 is 15.7 Å². The van der Waals surface area contributed by atoms with Gasteiger partial charge in [-0.1, -0.05) is 13.3 Å². The Morgan fingerprint density at radius 3 is 2.52 bits per heavy atom. The van der Waals surface area contributed by atoms with Crippen LogP contribution in [0.25, 0.3) is 0 Å². The molecule has 3 N–H and O–H groups in total. The molecule has 1 aromatic carbocycles. The molecule has 2 amide bonds. The van der Waals surface area contributed by atoms with Gasteiger partial charge in [0.05, 0.1) is 5.69 Å². The standard InChI is InChI=1S/C14H17FN2O4/c1-3-4-11(14(20)21)17-13(19)9-5-6-10(15)12(7-9)16-8(2)18/h5-7,11H,3-4H2,1-2H3,(H,16,18)(H,17,19)(H,20,21)/t11-/m0/s1. The number of hydrogen-bond acceptors (Lipinski definition) is 3. The summed E-state index contributed by atoms with van der Waals surface area (Å²) in [6.07, 6.45) is 0.888. The molecule has 0 radical (unpaired) electrons. The van der Waals surface area contributed by atoms with E-state index in [1.807, 2.05) is 0 Å². The molecule has 114 valence electrons. The maximum Gasteiger partial charge on any atom is 0.326 e. The molecule has 0 aliphatic carbocycles. The highest BCUT2D eigenvalue weighted by Crippen LogP contribution is 2.16. The van der Waals surface area contributed by atoms with Gasteiger partial charge in [0.2, 0.25) is 5.91 Å². The minimum atomic E-state index is -1.13. The van der Waals surface area contributed by atoms with E-state index in [1.54, 1.807) is 6.92 Å². The number of hydrogen-bond donors (Lipinski definition) is 3. The third kappa shape index (κ3) is 4.87. The van der Waals surface area contributed by atoms with Crippen molar-refractivity contribution in [1.82, 2.24) is 5.32 Å². The summed E-state index contributed by atoms with van der Waals surface area (Å²) in [6.45, 7) is 3.02. The zero-order valence-corrected chi connectivity index (χ0v) is 11.8. The molecule has 21 heavy (non-hydrogen) atoms. The first-order valence-corrected chi connectivity index (χ1v) is 6.46. The molecule has 0 saturated carbocycles. The molecular formula is C14H17FN2O4. The first kappa shape index (κ1) is 16.6. The fraction of sp³-hybridized carbons (Fsp3) is 0.357. The van der Waals surface area contributed by atoms with Gasteiger partial charge in [0.15, 0.2) is 0 Å². The summed E-state index contributed by atoms with van der Waals surface area (Å²) in [5, 5.41) is 13.6. The Labute approximate surface area is 121 Å². The van der Waals surface area contributed by atoms with Crippen LogP contribution in [-0.4, -0.2) is 28.9 Å². The van der Waals surface area contributed by atoms with Crippen molar-refractivity contribution < 1.29 is 23.9 Å². The monoisotopic (exact) mass is 296 g/mol. The predicted octanol–water partition coefficient (Wildman–Crippen LogP) is 1.77. The van der Waals surface area contributed by atoms with Crippen LogP contribution in [0.4, 0.5) is 10.1 Å². The van der Waals surface area contributed by atoms with E-state index in [0.717, 1.165) is 12.1 Å². The zero-order chi connectivity index (χ0) is 16.0. The van der Waals surface area contributed by atoms with Crippen LogP contribution in [0.2, 0.25) is 0 Å². The van der Waals surface area contributed by atoms with Gasteiger partial charge in [-0.05, 0) is 24.6 Å². The van der Waals surface area contributed by atoms with E-state index in [9.17, 15) is 18.8 Å². The van der Waals surface area contributed by atoms with Crippen molar-refractivity contribution >= 4 is 23.5 Å². The van der Waals surface area contributed by atoms with Crippen LogP contribution in [0.15, 0.2) is 18.2 Å². The van der Waals surface area contributed by atoms with Gasteiger partial charge in [-0.25, -0.2) is 9.18 Å². The third-order valence-corrected chi connectivity index (χ3v) is 2.72. The predicted molar refractivity (Wildman–Crippen MR) is 74.5 cm³/mol. The van der Waals surface area contributed by atoms with Crippen LogP contribution in [0.5, 0.6) is 0 Å². The van der Waals surface area contributed by atoms with Crippen LogP contribution >= 0.6 is 0 Å². The second kappa shape index (κ2) is 7.37. The second-order valence-corrected chi connectivity index (χ2v) is 4.53. The maximum absolute atomic E-state index is 13.5. The molecule has 1 rings (SSSR count). The summed E-state index contributed by atoms with van der Waals surface area (Å²) in [5.41, 5.74) is -0.0555. The minimum absolute atomic E-state index is 0.0718. The molecule has 0 aromatic heterocycles. The van der Waals surface area contributed by atoms with E-state index in [-0.39, 0.29) is 11.3 Å².